The van der Waals surface area contributed by atoms with Crippen LogP contribution in [0.1, 0.15) is 34.8 Å². The summed E-state index contributed by atoms with van der Waals surface area (Å²) in [6, 6.07) is 0.621. The van der Waals surface area contributed by atoms with Crippen LogP contribution in [0.25, 0.3) is 0 Å². The van der Waals surface area contributed by atoms with Crippen molar-refractivity contribution in [2.45, 2.75) is 31.7 Å². The number of rotatable bonds is 5. The van der Waals surface area contributed by atoms with Gasteiger partial charge in [0.1, 0.15) is 6.04 Å². The Morgan fingerprint density at radius 3 is 1.92 bits per heavy atom. The summed E-state index contributed by atoms with van der Waals surface area (Å²) in [6.45, 7) is 1.37. The van der Waals surface area contributed by atoms with Crippen molar-refractivity contribution in [2.24, 2.45) is 11.7 Å². The van der Waals surface area contributed by atoms with Gasteiger partial charge < -0.3 is 11.1 Å². The molecule has 1 aromatic carbocycles. The second-order valence-electron chi connectivity index (χ2n) is 5.49. The molecule has 0 unspecified atom stereocenters. The Morgan fingerprint density at radius 2 is 1.58 bits per heavy atom. The summed E-state index contributed by atoms with van der Waals surface area (Å²) in [7, 11) is 0. The topological polar surface area (TPSA) is 96.0 Å². The van der Waals surface area contributed by atoms with E-state index in [0.717, 1.165) is 0 Å². The summed E-state index contributed by atoms with van der Waals surface area (Å²) in [5.41, 5.74) is 0.791. The molecule has 5 nitrogen and oxygen atoms in total. The van der Waals surface area contributed by atoms with Gasteiger partial charge in [-0.1, -0.05) is 6.92 Å². The molecule has 0 aliphatic rings. The van der Waals surface area contributed by atoms with Crippen molar-refractivity contribution in [3.05, 3.63) is 34.9 Å². The van der Waals surface area contributed by atoms with Gasteiger partial charge in [-0.05, 0) is 24.1 Å². The zero-order valence-corrected chi connectivity index (χ0v) is 13.2. The molecule has 142 valence electrons. The number of primary amides is 1. The molecule has 1 aromatic rings. The van der Waals surface area contributed by atoms with Crippen LogP contribution in [-0.4, -0.2) is 17.9 Å². The van der Waals surface area contributed by atoms with Crippen molar-refractivity contribution in [2.75, 3.05) is 0 Å². The molecular weight excluding hydrogens is 368 g/mol. The summed E-state index contributed by atoms with van der Waals surface area (Å²) in [6.07, 6.45) is -10.5. The molecule has 0 aliphatic carbocycles. The summed E-state index contributed by atoms with van der Waals surface area (Å²) < 4.78 is 76.9. The maximum Gasteiger partial charge on any atom is 0.416 e. The molecule has 11 heteroatoms. The highest BCUT2D eigenvalue weighted by Crippen LogP contribution is 2.36. The van der Waals surface area contributed by atoms with E-state index in [4.69, 9.17) is 11.0 Å². The molecule has 0 saturated carbocycles. The van der Waals surface area contributed by atoms with Crippen LogP contribution in [-0.2, 0) is 17.1 Å². The number of carbonyl (C=O) groups excluding carboxylic acids is 2. The van der Waals surface area contributed by atoms with Crippen molar-refractivity contribution in [1.82, 2.24) is 5.32 Å². The van der Waals surface area contributed by atoms with E-state index in [1.165, 1.54) is 6.92 Å². The van der Waals surface area contributed by atoms with Crippen LogP contribution < -0.4 is 11.1 Å². The Labute approximate surface area is 143 Å². The molecule has 0 bridgehead atoms. The van der Waals surface area contributed by atoms with Crippen molar-refractivity contribution in [1.29, 1.82) is 5.26 Å². The van der Waals surface area contributed by atoms with Crippen molar-refractivity contribution < 1.29 is 35.9 Å². The lowest BCUT2D eigenvalue weighted by atomic mass is 9.97. The average molecular weight is 381 g/mol. The third-order valence-electron chi connectivity index (χ3n) is 3.43. The zero-order valence-electron chi connectivity index (χ0n) is 13.2. The van der Waals surface area contributed by atoms with Crippen LogP contribution in [0.15, 0.2) is 18.2 Å². The molecule has 26 heavy (non-hydrogen) atoms. The molecule has 1 rings (SSSR count). The number of hydrogen-bond acceptors (Lipinski definition) is 3. The number of alkyl halides is 6. The smallest absolute Gasteiger partial charge is 0.368 e. The minimum Gasteiger partial charge on any atom is -0.368 e. The summed E-state index contributed by atoms with van der Waals surface area (Å²) in [4.78, 5) is 23.5. The normalized spacial score (nSPS) is 14.2. The third-order valence-corrected chi connectivity index (χ3v) is 3.43. The number of benzene rings is 1. The number of nitrogens with two attached hydrogens (primary N) is 1. The van der Waals surface area contributed by atoms with Gasteiger partial charge >= 0.3 is 12.4 Å². The van der Waals surface area contributed by atoms with Gasteiger partial charge in [0, 0.05) is 12.0 Å². The van der Waals surface area contributed by atoms with Crippen LogP contribution in [0, 0.1) is 17.2 Å². The van der Waals surface area contributed by atoms with Gasteiger partial charge in [0.2, 0.25) is 5.91 Å². The number of hydrogen-bond donors (Lipinski definition) is 2. The van der Waals surface area contributed by atoms with E-state index in [9.17, 15) is 35.9 Å². The Bertz CT molecular complexity index is 704. The predicted molar refractivity (Wildman–Crippen MR) is 76.3 cm³/mol. The van der Waals surface area contributed by atoms with E-state index in [1.54, 1.807) is 6.07 Å². The maximum atomic E-state index is 12.8. The second-order valence-corrected chi connectivity index (χ2v) is 5.49. The summed E-state index contributed by atoms with van der Waals surface area (Å²) in [5.74, 6) is -3.23. The molecular formula is C15H13F6N3O2. The van der Waals surface area contributed by atoms with Crippen LogP contribution >= 0.6 is 0 Å². The van der Waals surface area contributed by atoms with E-state index < -0.39 is 52.8 Å². The van der Waals surface area contributed by atoms with E-state index in [0.29, 0.717) is 0 Å². The number of nitrogens with zero attached hydrogens (tertiary/aromatic N) is 1. The van der Waals surface area contributed by atoms with Crippen LogP contribution in [0.5, 0.6) is 0 Å². The highest BCUT2D eigenvalue weighted by atomic mass is 19.4. The lowest BCUT2D eigenvalue weighted by molar-refractivity contribution is -0.143. The number of carbonyl (C=O) groups is 2. The molecule has 0 radical (unpaired) electrons. The van der Waals surface area contributed by atoms with E-state index in [-0.39, 0.29) is 24.6 Å². The van der Waals surface area contributed by atoms with E-state index in [2.05, 4.69) is 0 Å². The molecule has 0 heterocycles. The SMILES string of the molecule is C[C@H](CC#N)[C@@H](NC(=O)c1cc(C(F)(F)F)cc(C(F)(F)F)c1)C(N)=O. The number of amides is 2. The van der Waals surface area contributed by atoms with Crippen LogP contribution in [0.3, 0.4) is 0 Å². The van der Waals surface area contributed by atoms with Gasteiger partial charge in [-0.25, -0.2) is 0 Å². The van der Waals surface area contributed by atoms with Gasteiger partial charge in [0.25, 0.3) is 5.91 Å². The first kappa shape index (κ1) is 21.3. The largest absolute Gasteiger partial charge is 0.416 e. The lowest BCUT2D eigenvalue weighted by Gasteiger charge is -2.21. The fraction of sp³-hybridized carbons (Fsp3) is 0.400. The molecule has 0 aromatic heterocycles. The van der Waals surface area contributed by atoms with Gasteiger partial charge in [-0.2, -0.15) is 31.6 Å². The van der Waals surface area contributed by atoms with Crippen LogP contribution in [0.4, 0.5) is 26.3 Å². The molecule has 0 fully saturated rings. The maximum absolute atomic E-state index is 12.8. The first-order chi connectivity index (χ1) is 11.8. The number of nitriles is 1. The fourth-order valence-corrected chi connectivity index (χ4v) is 2.07. The third kappa shape index (κ3) is 5.37. The quantitative estimate of drug-likeness (QED) is 0.768. The Balaban J connectivity index is 3.30. The highest BCUT2D eigenvalue weighted by molar-refractivity contribution is 5.97. The van der Waals surface area contributed by atoms with Gasteiger partial charge in [-0.15, -0.1) is 0 Å². The Morgan fingerprint density at radius 1 is 1.12 bits per heavy atom. The molecule has 2 amide bonds. The van der Waals surface area contributed by atoms with Crippen LogP contribution in [0.2, 0.25) is 0 Å². The number of nitrogens with one attached hydrogen (secondary N) is 1. The predicted octanol–water partition coefficient (Wildman–Crippen LogP) is 2.86. The van der Waals surface area contributed by atoms with Gasteiger partial charge in [-0.3, -0.25) is 9.59 Å². The molecule has 0 aliphatic heterocycles. The van der Waals surface area contributed by atoms with Crippen molar-refractivity contribution in [3.63, 3.8) is 0 Å². The standard InChI is InChI=1S/C15H13F6N3O2/c1-7(2-3-22)11(12(23)25)24-13(26)8-4-9(14(16,17)18)6-10(5-8)15(19,20)21/h4-7,11H,2H2,1H3,(H2,23,25)(H,24,26)/t7-,11-/m1/s1. The molecule has 0 spiro atoms. The fourth-order valence-electron chi connectivity index (χ4n) is 2.07. The summed E-state index contributed by atoms with van der Waals surface area (Å²) in [5, 5.41) is 10.6. The summed E-state index contributed by atoms with van der Waals surface area (Å²) >= 11 is 0. The zero-order chi connectivity index (χ0) is 20.3. The van der Waals surface area contributed by atoms with E-state index >= 15 is 0 Å². The highest BCUT2D eigenvalue weighted by Gasteiger charge is 2.38. The minimum atomic E-state index is -5.12. The van der Waals surface area contributed by atoms with Crippen molar-refractivity contribution >= 4 is 11.8 Å². The minimum absolute atomic E-state index is 0.124. The van der Waals surface area contributed by atoms with Crippen molar-refractivity contribution in [3.8, 4) is 6.07 Å². The number of halogens is 6. The van der Waals surface area contributed by atoms with Gasteiger partial charge in [0.15, 0.2) is 0 Å². The molecule has 3 N–H and O–H groups in total. The van der Waals surface area contributed by atoms with E-state index in [1.807, 2.05) is 5.32 Å². The molecule has 0 saturated heterocycles. The second kappa shape index (κ2) is 7.63. The Hall–Kier alpha value is -2.77. The monoisotopic (exact) mass is 381 g/mol. The Kier molecular flexibility index (Phi) is 6.25. The molecule has 2 atom stereocenters. The lowest BCUT2D eigenvalue weighted by Crippen LogP contribution is -2.48. The first-order valence-electron chi connectivity index (χ1n) is 7.04. The first-order valence-corrected chi connectivity index (χ1v) is 7.04. The average Bonchev–Trinajstić information content (AvgIpc) is 2.50. The van der Waals surface area contributed by atoms with Gasteiger partial charge in [0.05, 0.1) is 17.2 Å².